The summed E-state index contributed by atoms with van der Waals surface area (Å²) >= 11 is 0. The smallest absolute Gasteiger partial charge is 0.329 e. The van der Waals surface area contributed by atoms with Gasteiger partial charge in [-0.25, -0.2) is 23.1 Å². The average molecular weight is 880 g/mol. The summed E-state index contributed by atoms with van der Waals surface area (Å²) in [5.74, 6) is 6.42. The Morgan fingerprint density at radius 3 is 2.67 bits per heavy atom. The lowest BCUT2D eigenvalue weighted by molar-refractivity contribution is -0.135. The summed E-state index contributed by atoms with van der Waals surface area (Å²) in [4.78, 5) is 60.6. The maximum atomic E-state index is 14.3. The van der Waals surface area contributed by atoms with E-state index in [1.807, 2.05) is 18.2 Å². The van der Waals surface area contributed by atoms with Gasteiger partial charge in [-0.2, -0.15) is 10.2 Å². The second kappa shape index (κ2) is 17.2. The number of carbonyl (C=O) groups is 3. The van der Waals surface area contributed by atoms with Crippen molar-refractivity contribution in [1.29, 1.82) is 0 Å². The summed E-state index contributed by atoms with van der Waals surface area (Å²) in [5.41, 5.74) is 1.62. The summed E-state index contributed by atoms with van der Waals surface area (Å²) in [5, 5.41) is 13.6. The quantitative estimate of drug-likeness (QED) is 0.152. The molecule has 64 heavy (non-hydrogen) atoms. The molecular weight excluding hydrogens is 829 g/mol. The number of fused-ring (bicyclic) bond motifs is 4. The molecule has 10 rings (SSSR count). The molecule has 5 aliphatic rings. The van der Waals surface area contributed by atoms with Gasteiger partial charge >= 0.3 is 5.69 Å². The number of benzene rings is 1. The fraction of sp³-hybridized carbons (Fsp3) is 0.533. The first-order chi connectivity index (χ1) is 31.0. The van der Waals surface area contributed by atoms with E-state index in [-0.39, 0.29) is 72.5 Å². The molecule has 1 saturated carbocycles. The van der Waals surface area contributed by atoms with E-state index in [0.29, 0.717) is 34.8 Å². The monoisotopic (exact) mass is 879 g/mol. The molecule has 19 heteroatoms. The second-order valence-corrected chi connectivity index (χ2v) is 18.0. The minimum atomic E-state index is -2.87. The molecule has 8 heterocycles. The highest BCUT2D eigenvalue weighted by atomic mass is 19.3. The number of amides is 3. The number of anilines is 2. The number of ether oxygens (including phenoxy) is 2. The standard InChI is InChI=1S/C45H51F2N11O6/c1-26-21-54(16-14-36(26)63-18-4-6-28-5-3-7-34-40(28)53(2)45(62)58(34)35-12-13-38(59)51-44(35)61)22-27-8-10-29(11-9-27)57-24-33(39(52-57)41(46)47)49-43(60)32-20-48-56-17-15-37(50-42(32)56)55-23-31-19-30(55)25-64-31/h3,5,7,15,17,20,24,26-27,29-31,35-36,41H,8-14,16,18-19,21-23,25H2,1-2H3,(H,49,60)(H,51,59,61)/t26-,27?,29?,30+,31+,35?,36+/m0/s1. The lowest BCUT2D eigenvalue weighted by atomic mass is 9.85. The Morgan fingerprint density at radius 2 is 1.92 bits per heavy atom. The maximum Gasteiger partial charge on any atom is 0.329 e. The van der Waals surface area contributed by atoms with Gasteiger partial charge in [0.05, 0.1) is 59.4 Å². The number of imidazole rings is 1. The zero-order valence-electron chi connectivity index (χ0n) is 35.8. The van der Waals surface area contributed by atoms with Crippen LogP contribution in [0.5, 0.6) is 0 Å². The van der Waals surface area contributed by atoms with Crippen molar-refractivity contribution in [3.63, 3.8) is 0 Å². The van der Waals surface area contributed by atoms with Crippen LogP contribution in [0, 0.1) is 23.7 Å². The van der Waals surface area contributed by atoms with Crippen molar-refractivity contribution in [2.75, 3.05) is 49.6 Å². The van der Waals surface area contributed by atoms with Gasteiger partial charge in [0.2, 0.25) is 11.8 Å². The van der Waals surface area contributed by atoms with Crippen molar-refractivity contribution in [2.24, 2.45) is 18.9 Å². The van der Waals surface area contributed by atoms with Crippen molar-refractivity contribution in [1.82, 2.24) is 43.7 Å². The largest absolute Gasteiger partial charge is 0.374 e. The van der Waals surface area contributed by atoms with Crippen LogP contribution in [0.3, 0.4) is 0 Å². The van der Waals surface area contributed by atoms with Crippen LogP contribution in [-0.2, 0) is 26.1 Å². The second-order valence-electron chi connectivity index (χ2n) is 18.0. The van der Waals surface area contributed by atoms with Gasteiger partial charge in [0.15, 0.2) is 11.3 Å². The number of aromatic nitrogens is 7. The molecule has 1 aromatic carbocycles. The van der Waals surface area contributed by atoms with Gasteiger partial charge < -0.3 is 24.6 Å². The molecular formula is C45H51F2N11O6. The molecule has 5 fully saturated rings. The number of hydrogen-bond acceptors (Lipinski definition) is 11. The molecule has 17 nitrogen and oxygen atoms in total. The number of rotatable bonds is 10. The van der Waals surface area contributed by atoms with E-state index in [1.54, 1.807) is 24.0 Å². The molecule has 0 spiro atoms. The molecule has 0 radical (unpaired) electrons. The van der Waals surface area contributed by atoms with Gasteiger partial charge in [-0.1, -0.05) is 24.8 Å². The Kier molecular flexibility index (Phi) is 11.3. The zero-order chi connectivity index (χ0) is 44.2. The molecule has 1 aliphatic carbocycles. The Morgan fingerprint density at radius 1 is 1.08 bits per heavy atom. The molecule has 2 bridgehead atoms. The maximum absolute atomic E-state index is 14.3. The number of morpholine rings is 1. The molecule has 1 unspecified atom stereocenters. The minimum absolute atomic E-state index is 0.0114. The first-order valence-electron chi connectivity index (χ1n) is 22.3. The number of para-hydroxylation sites is 1. The van der Waals surface area contributed by atoms with E-state index in [0.717, 1.165) is 70.5 Å². The Labute approximate surface area is 367 Å². The third-order valence-corrected chi connectivity index (χ3v) is 13.8. The first kappa shape index (κ1) is 42.0. The summed E-state index contributed by atoms with van der Waals surface area (Å²) in [6, 6.07) is 6.73. The van der Waals surface area contributed by atoms with E-state index in [1.165, 1.54) is 26.0 Å². The molecule has 4 aromatic heterocycles. The number of likely N-dealkylation sites (tertiary alicyclic amines) is 1. The zero-order valence-corrected chi connectivity index (χ0v) is 35.8. The van der Waals surface area contributed by atoms with Crippen LogP contribution < -0.4 is 21.2 Å². The van der Waals surface area contributed by atoms with Crippen molar-refractivity contribution < 1.29 is 32.6 Å². The fourth-order valence-electron chi connectivity index (χ4n) is 10.5. The highest BCUT2D eigenvalue weighted by Crippen LogP contribution is 2.37. The Bertz CT molecular complexity index is 2740. The topological polar surface area (TPSA) is 175 Å². The van der Waals surface area contributed by atoms with Gasteiger partial charge in [0.25, 0.3) is 12.3 Å². The fourth-order valence-corrected chi connectivity index (χ4v) is 10.5. The number of carbonyl (C=O) groups excluding carboxylic acids is 3. The number of piperidine rings is 2. The number of imide groups is 1. The molecule has 5 aromatic rings. The molecule has 3 amide bonds. The molecule has 4 saturated heterocycles. The number of nitrogens with zero attached hydrogens (tertiary/aromatic N) is 9. The molecule has 336 valence electrons. The van der Waals surface area contributed by atoms with Crippen LogP contribution >= 0.6 is 0 Å². The van der Waals surface area contributed by atoms with Gasteiger partial charge in [0, 0.05) is 52.0 Å². The van der Waals surface area contributed by atoms with E-state index < -0.39 is 30.0 Å². The minimum Gasteiger partial charge on any atom is -0.374 e. The van der Waals surface area contributed by atoms with Crippen LogP contribution in [0.1, 0.15) is 98.4 Å². The SMILES string of the molecule is C[C@H]1CN(CC2CCC(n3cc(NC(=O)c4cnn5ccc(N6C[C@H]7C[C@@H]6CO7)nc45)c(C(F)F)n3)CC2)CC[C@H]1OCC#Cc1cccc2c1n(C)c(=O)n2C1CCC(=O)NC1=O. The lowest BCUT2D eigenvalue weighted by Crippen LogP contribution is -2.45. The predicted octanol–water partition coefficient (Wildman–Crippen LogP) is 4.23. The summed E-state index contributed by atoms with van der Waals surface area (Å²) in [6.45, 7) is 6.55. The predicted molar refractivity (Wildman–Crippen MR) is 230 cm³/mol. The van der Waals surface area contributed by atoms with E-state index in [4.69, 9.17) is 14.5 Å². The summed E-state index contributed by atoms with van der Waals surface area (Å²) < 4.78 is 46.7. The van der Waals surface area contributed by atoms with Crippen LogP contribution in [0.2, 0.25) is 0 Å². The number of alkyl halides is 2. The molecule has 2 N–H and O–H groups in total. The first-order valence-corrected chi connectivity index (χ1v) is 22.3. The van der Waals surface area contributed by atoms with Crippen LogP contribution in [-0.4, -0.2) is 114 Å². The number of nitrogens with one attached hydrogen (secondary N) is 2. The Balaban J connectivity index is 0.711. The number of hydrogen-bond donors (Lipinski definition) is 2. The lowest BCUT2D eigenvalue weighted by Gasteiger charge is -2.39. The van der Waals surface area contributed by atoms with Crippen LogP contribution in [0.15, 0.2) is 47.7 Å². The molecule has 4 aliphatic heterocycles. The van der Waals surface area contributed by atoms with Crippen molar-refractivity contribution in [3.05, 3.63) is 70.2 Å². The third-order valence-electron chi connectivity index (χ3n) is 13.8. The van der Waals surface area contributed by atoms with Crippen LogP contribution in [0.4, 0.5) is 20.3 Å². The molecule has 5 atom stereocenters. The summed E-state index contributed by atoms with van der Waals surface area (Å²) in [6.07, 6.45) is 7.77. The summed E-state index contributed by atoms with van der Waals surface area (Å²) in [7, 11) is 1.66. The average Bonchev–Trinajstić information content (AvgIpc) is 4.13. The van der Waals surface area contributed by atoms with Crippen molar-refractivity contribution in [2.45, 2.75) is 95.0 Å². The van der Waals surface area contributed by atoms with Crippen LogP contribution in [0.25, 0.3) is 16.7 Å². The number of halogens is 2. The Hall–Kier alpha value is -5.97. The normalized spacial score (nSPS) is 26.2. The van der Waals surface area contributed by atoms with Crippen molar-refractivity contribution in [3.8, 4) is 11.8 Å². The van der Waals surface area contributed by atoms with E-state index in [2.05, 4.69) is 49.4 Å². The van der Waals surface area contributed by atoms with Gasteiger partial charge in [-0.3, -0.25) is 33.5 Å². The van der Waals surface area contributed by atoms with E-state index in [9.17, 15) is 28.0 Å². The van der Waals surface area contributed by atoms with Gasteiger partial charge in [0.1, 0.15) is 24.0 Å². The highest BCUT2D eigenvalue weighted by molar-refractivity contribution is 6.08. The van der Waals surface area contributed by atoms with Gasteiger partial charge in [-0.15, -0.1) is 0 Å². The van der Waals surface area contributed by atoms with Crippen molar-refractivity contribution >= 4 is 45.9 Å². The van der Waals surface area contributed by atoms with Gasteiger partial charge in [-0.05, 0) is 75.0 Å². The third kappa shape index (κ3) is 7.96. The van der Waals surface area contributed by atoms with E-state index >= 15 is 0 Å². The number of aryl methyl sites for hydroxylation is 1. The highest BCUT2D eigenvalue weighted by Gasteiger charge is 2.40.